The van der Waals surface area contributed by atoms with Gasteiger partial charge in [0.2, 0.25) is 11.8 Å². The van der Waals surface area contributed by atoms with Gasteiger partial charge in [-0.15, -0.1) is 0 Å². The van der Waals surface area contributed by atoms with Crippen molar-refractivity contribution >= 4 is 11.8 Å². The van der Waals surface area contributed by atoms with Crippen LogP contribution in [0.5, 0.6) is 0 Å². The Bertz CT molecular complexity index is 432. The van der Waals surface area contributed by atoms with Gasteiger partial charge in [0.15, 0.2) is 0 Å². The molecule has 1 aliphatic heterocycles. The van der Waals surface area contributed by atoms with Gasteiger partial charge in [-0.25, -0.2) is 0 Å². The van der Waals surface area contributed by atoms with Gasteiger partial charge in [0.05, 0.1) is 17.9 Å². The number of nitriles is 1. The predicted molar refractivity (Wildman–Crippen MR) is 63.1 cm³/mol. The molecule has 5 nitrogen and oxygen atoms in total. The third kappa shape index (κ3) is 1.91. The fourth-order valence-corrected chi connectivity index (χ4v) is 2.64. The zero-order chi connectivity index (χ0) is 12.9. The van der Waals surface area contributed by atoms with Crippen LogP contribution in [0.15, 0.2) is 0 Å². The van der Waals surface area contributed by atoms with Crippen molar-refractivity contribution in [2.45, 2.75) is 44.2 Å². The molecule has 0 radical (unpaired) electrons. The zero-order valence-corrected chi connectivity index (χ0v) is 10.5. The molecule has 0 aromatic heterocycles. The van der Waals surface area contributed by atoms with Crippen LogP contribution in [0.1, 0.15) is 32.6 Å². The number of fused-ring (bicyclic) bond motifs is 1. The number of carbonyl (C=O) groups is 2. The Morgan fingerprint density at radius 3 is 2.50 bits per heavy atom. The van der Waals surface area contributed by atoms with Gasteiger partial charge in [-0.05, 0) is 32.6 Å². The minimum Gasteiger partial charge on any atom is -0.297 e. The molecule has 3 unspecified atom stereocenters. The summed E-state index contributed by atoms with van der Waals surface area (Å²) < 4.78 is 0. The molecule has 3 fully saturated rings. The third-order valence-electron chi connectivity index (χ3n) is 4.14. The lowest BCUT2D eigenvalue weighted by atomic mass is 9.99. The Hall–Kier alpha value is -1.41. The molecule has 96 valence electrons. The average molecular weight is 247 g/mol. The van der Waals surface area contributed by atoms with Gasteiger partial charge < -0.3 is 0 Å². The van der Waals surface area contributed by atoms with E-state index in [1.54, 1.807) is 0 Å². The Kier molecular flexibility index (Phi) is 2.46. The first kappa shape index (κ1) is 11.7. The normalized spacial score (nSPS) is 33.0. The predicted octanol–water partition coefficient (Wildman–Crippen LogP) is 0.416. The number of likely N-dealkylation sites (tertiary alicyclic amines) is 1. The van der Waals surface area contributed by atoms with Crippen LogP contribution in [0.2, 0.25) is 0 Å². The molecule has 1 heterocycles. The molecular weight excluding hydrogens is 230 g/mol. The Balaban J connectivity index is 1.58. The van der Waals surface area contributed by atoms with Crippen LogP contribution in [0.25, 0.3) is 0 Å². The molecule has 18 heavy (non-hydrogen) atoms. The molecule has 1 N–H and O–H groups in total. The van der Waals surface area contributed by atoms with Gasteiger partial charge >= 0.3 is 0 Å². The van der Waals surface area contributed by atoms with E-state index >= 15 is 0 Å². The molecular formula is C13H17N3O2. The molecule has 2 aliphatic carbocycles. The maximum absolute atomic E-state index is 11.8. The Morgan fingerprint density at radius 2 is 2.00 bits per heavy atom. The lowest BCUT2D eigenvalue weighted by Crippen LogP contribution is -2.46. The average Bonchev–Trinajstić information content (AvgIpc) is 3.22. The van der Waals surface area contributed by atoms with Crippen LogP contribution in [0.3, 0.4) is 0 Å². The molecule has 2 amide bonds. The highest BCUT2D eigenvalue weighted by Crippen LogP contribution is 2.47. The number of rotatable bonds is 5. The summed E-state index contributed by atoms with van der Waals surface area (Å²) in [6.07, 6.45) is 3.48. The van der Waals surface area contributed by atoms with E-state index < -0.39 is 5.54 Å². The molecule has 3 rings (SSSR count). The first-order valence-electron chi connectivity index (χ1n) is 6.58. The molecule has 0 spiro atoms. The van der Waals surface area contributed by atoms with Crippen LogP contribution in [0.4, 0.5) is 0 Å². The quantitative estimate of drug-likeness (QED) is 0.714. The molecule has 1 saturated heterocycles. The minimum atomic E-state index is -0.630. The van der Waals surface area contributed by atoms with E-state index in [0.29, 0.717) is 19.0 Å². The number of hydrogen-bond acceptors (Lipinski definition) is 4. The van der Waals surface area contributed by atoms with Gasteiger partial charge in [-0.2, -0.15) is 5.26 Å². The fourth-order valence-electron chi connectivity index (χ4n) is 2.64. The van der Waals surface area contributed by atoms with Gasteiger partial charge in [-0.3, -0.25) is 19.8 Å². The topological polar surface area (TPSA) is 73.2 Å². The van der Waals surface area contributed by atoms with Crippen molar-refractivity contribution in [3.05, 3.63) is 0 Å². The third-order valence-corrected chi connectivity index (χ3v) is 4.14. The zero-order valence-electron chi connectivity index (χ0n) is 10.5. The number of nitrogens with zero attached hydrogens (tertiary/aromatic N) is 2. The largest absolute Gasteiger partial charge is 0.297 e. The lowest BCUT2D eigenvalue weighted by molar-refractivity contribution is -0.141. The first-order chi connectivity index (χ1) is 8.54. The summed E-state index contributed by atoms with van der Waals surface area (Å²) in [5, 5.41) is 12.5. The molecule has 0 aromatic rings. The Labute approximate surface area is 106 Å². The highest BCUT2D eigenvalue weighted by atomic mass is 16.2. The highest BCUT2D eigenvalue weighted by molar-refractivity contribution is 6.08. The monoisotopic (exact) mass is 247 g/mol. The summed E-state index contributed by atoms with van der Waals surface area (Å²) >= 11 is 0. The van der Waals surface area contributed by atoms with Crippen molar-refractivity contribution in [2.75, 3.05) is 6.54 Å². The van der Waals surface area contributed by atoms with Gasteiger partial charge in [0.1, 0.15) is 5.54 Å². The molecule has 3 atom stereocenters. The van der Waals surface area contributed by atoms with Crippen molar-refractivity contribution in [3.8, 4) is 6.07 Å². The van der Waals surface area contributed by atoms with E-state index in [-0.39, 0.29) is 23.7 Å². The molecule has 0 aromatic carbocycles. The number of carbonyl (C=O) groups excluding carboxylic acids is 2. The number of imide groups is 1. The van der Waals surface area contributed by atoms with Crippen molar-refractivity contribution in [3.63, 3.8) is 0 Å². The van der Waals surface area contributed by atoms with Gasteiger partial charge in [0, 0.05) is 12.6 Å². The van der Waals surface area contributed by atoms with E-state index in [4.69, 9.17) is 0 Å². The highest BCUT2D eigenvalue weighted by Gasteiger charge is 2.58. The smallest absolute Gasteiger partial charge is 0.233 e. The van der Waals surface area contributed by atoms with E-state index in [9.17, 15) is 14.9 Å². The fraction of sp³-hybridized carbons (Fsp3) is 0.769. The summed E-state index contributed by atoms with van der Waals surface area (Å²) in [6, 6.07) is 2.70. The molecule has 5 heteroatoms. The van der Waals surface area contributed by atoms with Crippen molar-refractivity contribution in [1.82, 2.24) is 10.2 Å². The number of nitrogens with one attached hydrogen (secondary N) is 1. The van der Waals surface area contributed by atoms with Crippen LogP contribution >= 0.6 is 0 Å². The molecule has 0 bridgehead atoms. The second-order valence-corrected chi connectivity index (χ2v) is 5.89. The van der Waals surface area contributed by atoms with Crippen LogP contribution in [-0.2, 0) is 9.59 Å². The number of piperidine rings is 1. The van der Waals surface area contributed by atoms with Gasteiger partial charge in [0.25, 0.3) is 0 Å². The minimum absolute atomic E-state index is 0.0308. The second-order valence-electron chi connectivity index (χ2n) is 5.89. The van der Waals surface area contributed by atoms with Crippen LogP contribution < -0.4 is 5.32 Å². The van der Waals surface area contributed by atoms with Crippen LogP contribution in [-0.4, -0.2) is 34.8 Å². The van der Waals surface area contributed by atoms with Crippen molar-refractivity contribution in [1.29, 1.82) is 5.26 Å². The maximum Gasteiger partial charge on any atom is 0.233 e. The Morgan fingerprint density at radius 1 is 1.39 bits per heavy atom. The van der Waals surface area contributed by atoms with Crippen molar-refractivity contribution < 1.29 is 9.59 Å². The first-order valence-corrected chi connectivity index (χ1v) is 6.58. The van der Waals surface area contributed by atoms with E-state index in [1.165, 1.54) is 4.90 Å². The van der Waals surface area contributed by atoms with Gasteiger partial charge in [-0.1, -0.05) is 0 Å². The van der Waals surface area contributed by atoms with E-state index in [1.807, 2.05) is 6.92 Å². The summed E-state index contributed by atoms with van der Waals surface area (Å²) in [7, 11) is 0. The number of amides is 2. The summed E-state index contributed by atoms with van der Waals surface area (Å²) in [4.78, 5) is 24.9. The van der Waals surface area contributed by atoms with E-state index in [2.05, 4.69) is 11.4 Å². The summed E-state index contributed by atoms with van der Waals surface area (Å²) in [5.41, 5.74) is -0.630. The standard InChI is InChI=1S/C13H17N3O2/c1-13(7-14,15-8-2-3-8)4-5-16-11(17)9-6-10(9)12(16)18/h8-10,15H,2-6H2,1H3. The van der Waals surface area contributed by atoms with Crippen LogP contribution in [0, 0.1) is 23.2 Å². The summed E-state index contributed by atoms with van der Waals surface area (Å²) in [6.45, 7) is 2.21. The van der Waals surface area contributed by atoms with E-state index in [0.717, 1.165) is 19.3 Å². The number of hydrogen-bond donors (Lipinski definition) is 1. The summed E-state index contributed by atoms with van der Waals surface area (Å²) in [5.74, 6) is -0.141. The molecule has 3 aliphatic rings. The van der Waals surface area contributed by atoms with Crippen molar-refractivity contribution in [2.24, 2.45) is 11.8 Å². The second kappa shape index (κ2) is 3.79. The maximum atomic E-state index is 11.8. The SMILES string of the molecule is CC(C#N)(CCN1C(=O)C2CC2C1=O)NC1CC1. The lowest BCUT2D eigenvalue weighted by Gasteiger charge is -2.26. The molecule has 2 saturated carbocycles.